The lowest BCUT2D eigenvalue weighted by molar-refractivity contribution is -0.130. The summed E-state index contributed by atoms with van der Waals surface area (Å²) in [5.74, 6) is 0.224. The number of aromatic nitrogens is 3. The molecule has 12 heteroatoms. The first-order valence-electron chi connectivity index (χ1n) is 12.1. The van der Waals surface area contributed by atoms with Crippen molar-refractivity contribution < 1.29 is 23.0 Å². The molecule has 2 amide bonds. The molecule has 0 atom stereocenters. The van der Waals surface area contributed by atoms with Crippen LogP contribution in [0.2, 0.25) is 0 Å². The molecule has 2 N–H and O–H groups in total. The van der Waals surface area contributed by atoms with Crippen LogP contribution < -0.4 is 15.5 Å². The van der Waals surface area contributed by atoms with Gasteiger partial charge < -0.3 is 29.5 Å². The predicted octanol–water partition coefficient (Wildman–Crippen LogP) is 2.86. The molecule has 0 spiro atoms. The fourth-order valence-electron chi connectivity index (χ4n) is 4.11. The van der Waals surface area contributed by atoms with Gasteiger partial charge in [0.2, 0.25) is 5.91 Å². The average molecular weight is 520 g/mol. The van der Waals surface area contributed by atoms with E-state index >= 15 is 4.39 Å². The van der Waals surface area contributed by atoms with E-state index < -0.39 is 0 Å². The van der Waals surface area contributed by atoms with Gasteiger partial charge >= 0.3 is 0 Å². The van der Waals surface area contributed by atoms with E-state index in [1.807, 2.05) is 11.8 Å². The number of hydrogen-bond acceptors (Lipinski definition) is 9. The lowest BCUT2D eigenvalue weighted by Gasteiger charge is -2.36. The number of nitrogens with zero attached hydrogens (tertiary/aromatic N) is 5. The molecule has 38 heavy (non-hydrogen) atoms. The molecule has 4 heterocycles. The van der Waals surface area contributed by atoms with Crippen molar-refractivity contribution in [1.29, 1.82) is 0 Å². The highest BCUT2D eigenvalue weighted by Crippen LogP contribution is 2.27. The maximum atomic E-state index is 15.0. The highest BCUT2D eigenvalue weighted by atomic mass is 19.1. The molecule has 1 saturated heterocycles. The zero-order valence-corrected chi connectivity index (χ0v) is 20.7. The van der Waals surface area contributed by atoms with Crippen LogP contribution in [-0.2, 0) is 11.3 Å². The number of hydrogen-bond donors (Lipinski definition) is 2. The van der Waals surface area contributed by atoms with Gasteiger partial charge in [0.15, 0.2) is 11.6 Å². The van der Waals surface area contributed by atoms with E-state index in [0.717, 1.165) is 5.69 Å². The minimum Gasteiger partial charge on any atom is -0.366 e. The van der Waals surface area contributed by atoms with Crippen molar-refractivity contribution in [2.24, 2.45) is 0 Å². The topological polar surface area (TPSA) is 130 Å². The Morgan fingerprint density at radius 2 is 1.89 bits per heavy atom. The van der Waals surface area contributed by atoms with Gasteiger partial charge in [0, 0.05) is 55.8 Å². The van der Waals surface area contributed by atoms with E-state index in [2.05, 4.69) is 25.9 Å². The minimum atomic E-state index is -0.383. The van der Waals surface area contributed by atoms with Gasteiger partial charge in [-0.15, -0.1) is 0 Å². The van der Waals surface area contributed by atoms with E-state index in [1.54, 1.807) is 41.3 Å². The Bertz CT molecular complexity index is 1400. The molecule has 196 valence electrons. The molecule has 5 rings (SSSR count). The van der Waals surface area contributed by atoms with Crippen molar-refractivity contribution in [2.75, 3.05) is 42.9 Å². The van der Waals surface area contributed by atoms with Crippen molar-refractivity contribution in [1.82, 2.24) is 25.5 Å². The van der Waals surface area contributed by atoms with Crippen molar-refractivity contribution in [3.63, 3.8) is 0 Å². The Morgan fingerprint density at radius 3 is 2.61 bits per heavy atom. The average Bonchev–Trinajstić information content (AvgIpc) is 3.63. The molecular weight excluding hydrogens is 493 g/mol. The van der Waals surface area contributed by atoms with Crippen molar-refractivity contribution >= 4 is 23.3 Å². The summed E-state index contributed by atoms with van der Waals surface area (Å²) in [4.78, 5) is 32.5. The second kappa shape index (κ2) is 11.1. The van der Waals surface area contributed by atoms with Gasteiger partial charge in [0.1, 0.15) is 17.8 Å². The van der Waals surface area contributed by atoms with Gasteiger partial charge in [-0.1, -0.05) is 16.4 Å². The van der Waals surface area contributed by atoms with E-state index in [1.165, 1.54) is 18.5 Å². The maximum absolute atomic E-state index is 15.0. The fourth-order valence-corrected chi connectivity index (χ4v) is 4.11. The molecule has 0 saturated carbocycles. The third-order valence-electron chi connectivity index (χ3n) is 6.23. The molecule has 1 aliphatic heterocycles. The van der Waals surface area contributed by atoms with Crippen LogP contribution in [0.1, 0.15) is 21.8 Å². The normalized spacial score (nSPS) is 13.4. The first-order valence-corrected chi connectivity index (χ1v) is 12.1. The lowest BCUT2D eigenvalue weighted by Crippen LogP contribution is -2.51. The molecule has 0 aliphatic carbocycles. The van der Waals surface area contributed by atoms with Crippen molar-refractivity contribution in [2.45, 2.75) is 13.5 Å². The molecular formula is C26H26FN7O4. The minimum absolute atomic E-state index is 0.108. The number of rotatable bonds is 8. The number of halogens is 1. The van der Waals surface area contributed by atoms with Gasteiger partial charge in [-0.2, -0.15) is 0 Å². The van der Waals surface area contributed by atoms with Crippen LogP contribution in [0.4, 0.5) is 15.9 Å². The van der Waals surface area contributed by atoms with Crippen molar-refractivity contribution in [3.05, 3.63) is 77.8 Å². The van der Waals surface area contributed by atoms with E-state index in [-0.39, 0.29) is 24.2 Å². The first kappa shape index (κ1) is 24.9. The van der Waals surface area contributed by atoms with Gasteiger partial charge in [-0.3, -0.25) is 14.6 Å². The van der Waals surface area contributed by atoms with Crippen LogP contribution in [0.25, 0.3) is 11.3 Å². The summed E-state index contributed by atoms with van der Waals surface area (Å²) in [5, 5.41) is 13.5. The van der Waals surface area contributed by atoms with Crippen LogP contribution in [0.5, 0.6) is 0 Å². The summed E-state index contributed by atoms with van der Waals surface area (Å²) < 4.78 is 25.1. The Hall–Kier alpha value is -4.74. The van der Waals surface area contributed by atoms with Gasteiger partial charge in [-0.25, -0.2) is 4.39 Å². The number of piperazine rings is 1. The number of carbonyl (C=O) groups excluding carboxylic acids is 2. The SMILES string of the molecule is Cc1ccc(C(=O)NCC(=O)N2CCN(c3ccc(-c4cc(CNc5ccon5)on4)cc3F)CC2)cn1. The number of nitrogens with one attached hydrogen (secondary N) is 2. The van der Waals surface area contributed by atoms with Crippen molar-refractivity contribution in [3.8, 4) is 11.3 Å². The number of anilines is 2. The molecule has 1 aromatic carbocycles. The number of amides is 2. The lowest BCUT2D eigenvalue weighted by atomic mass is 10.1. The highest BCUT2D eigenvalue weighted by molar-refractivity contribution is 5.96. The number of pyridine rings is 1. The van der Waals surface area contributed by atoms with Crippen LogP contribution in [-0.4, -0.2) is 64.7 Å². The summed E-state index contributed by atoms with van der Waals surface area (Å²) in [5.41, 5.74) is 2.78. The third kappa shape index (κ3) is 5.80. The summed E-state index contributed by atoms with van der Waals surface area (Å²) in [6, 6.07) is 11.8. The molecule has 1 fully saturated rings. The molecule has 0 radical (unpaired) electrons. The summed E-state index contributed by atoms with van der Waals surface area (Å²) in [6.07, 6.45) is 2.94. The van der Waals surface area contributed by atoms with Crippen LogP contribution >= 0.6 is 0 Å². The largest absolute Gasteiger partial charge is 0.366 e. The number of carbonyl (C=O) groups is 2. The Labute approximate surface area is 217 Å². The second-order valence-electron chi connectivity index (χ2n) is 8.82. The molecule has 11 nitrogen and oxygen atoms in total. The zero-order chi connectivity index (χ0) is 26.5. The quantitative estimate of drug-likeness (QED) is 0.361. The molecule has 0 bridgehead atoms. The molecule has 4 aromatic rings. The van der Waals surface area contributed by atoms with Crippen LogP contribution in [0, 0.1) is 12.7 Å². The first-order chi connectivity index (χ1) is 18.5. The zero-order valence-electron chi connectivity index (χ0n) is 20.7. The Kier molecular flexibility index (Phi) is 7.29. The van der Waals surface area contributed by atoms with E-state index in [4.69, 9.17) is 9.05 Å². The van der Waals surface area contributed by atoms with Crippen LogP contribution in [0.15, 0.2) is 64.0 Å². The Balaban J connectivity index is 1.12. The maximum Gasteiger partial charge on any atom is 0.253 e. The fraction of sp³-hybridized carbons (Fsp3) is 0.269. The van der Waals surface area contributed by atoms with Gasteiger partial charge in [-0.05, 0) is 31.2 Å². The van der Waals surface area contributed by atoms with Gasteiger partial charge in [0.25, 0.3) is 5.91 Å². The van der Waals surface area contributed by atoms with E-state index in [9.17, 15) is 9.59 Å². The predicted molar refractivity (Wildman–Crippen MR) is 136 cm³/mol. The number of benzene rings is 1. The van der Waals surface area contributed by atoms with Crippen LogP contribution in [0.3, 0.4) is 0 Å². The Morgan fingerprint density at radius 1 is 1.05 bits per heavy atom. The summed E-state index contributed by atoms with van der Waals surface area (Å²) in [6.45, 7) is 3.87. The highest BCUT2D eigenvalue weighted by Gasteiger charge is 2.23. The summed E-state index contributed by atoms with van der Waals surface area (Å²) >= 11 is 0. The second-order valence-corrected chi connectivity index (χ2v) is 8.82. The summed E-state index contributed by atoms with van der Waals surface area (Å²) in [7, 11) is 0. The monoisotopic (exact) mass is 519 g/mol. The third-order valence-corrected chi connectivity index (χ3v) is 6.23. The number of aryl methyl sites for hydroxylation is 1. The molecule has 3 aromatic heterocycles. The van der Waals surface area contributed by atoms with E-state index in [0.29, 0.717) is 66.8 Å². The smallest absolute Gasteiger partial charge is 0.253 e. The molecule has 1 aliphatic rings. The molecule has 0 unspecified atom stereocenters. The van der Waals surface area contributed by atoms with Gasteiger partial charge in [0.05, 0.1) is 24.3 Å². The standard InChI is InChI=1S/C26H26FN7O4/c1-17-2-3-19(14-28-17)26(36)30-16-25(35)34-9-7-33(8-10-34)23-5-4-18(12-21(23)27)22-13-20(38-31-22)15-29-24-6-11-37-32-24/h2-6,11-14H,7-10,15-16H2,1H3,(H,29,32)(H,30,36).